The number of ether oxygens (including phenoxy) is 1. The lowest BCUT2D eigenvalue weighted by Gasteiger charge is -2.30. The minimum Gasteiger partial charge on any atom is -0.494 e. The van der Waals surface area contributed by atoms with Crippen molar-refractivity contribution in [2.75, 3.05) is 24.6 Å². The van der Waals surface area contributed by atoms with Crippen LogP contribution < -0.4 is 15.0 Å². The third-order valence-corrected chi connectivity index (χ3v) is 7.17. The fourth-order valence-corrected chi connectivity index (χ4v) is 5.31. The van der Waals surface area contributed by atoms with Crippen molar-refractivity contribution in [2.24, 2.45) is 5.92 Å². The van der Waals surface area contributed by atoms with Gasteiger partial charge in [0.05, 0.1) is 13.0 Å². The minimum absolute atomic E-state index is 0.0956. The molecule has 1 aromatic carbocycles. The number of piperidine rings is 1. The van der Waals surface area contributed by atoms with Crippen LogP contribution in [0.15, 0.2) is 36.5 Å². The van der Waals surface area contributed by atoms with E-state index in [1.54, 1.807) is 0 Å². The Morgan fingerprint density at radius 1 is 1.09 bits per heavy atom. The SMILES string of the molecule is CCOc1ccc(-c2cc(CC(=O)N[C@@H](C)C3CCCCC3)cnc2N2CCCCC2)cc1. The monoisotopic (exact) mass is 449 g/mol. The standard InChI is InChI=1S/C28H39N3O2/c1-3-33-25-14-12-24(13-15-25)26-18-22(20-29-28(26)31-16-8-5-9-17-31)19-27(32)30-21(2)23-10-6-4-7-11-23/h12-15,18,20-21,23H,3-11,16-17,19H2,1-2H3,(H,30,32)/t21-/m0/s1. The number of rotatable bonds is 8. The van der Waals surface area contributed by atoms with Gasteiger partial charge in [0, 0.05) is 30.9 Å². The fraction of sp³-hybridized carbons (Fsp3) is 0.571. The Morgan fingerprint density at radius 3 is 2.48 bits per heavy atom. The number of anilines is 1. The molecular weight excluding hydrogens is 410 g/mol. The Hall–Kier alpha value is -2.56. The molecule has 0 radical (unpaired) electrons. The van der Waals surface area contributed by atoms with Crippen LogP contribution in [0.2, 0.25) is 0 Å². The first-order valence-corrected chi connectivity index (χ1v) is 12.9. The molecule has 1 aliphatic carbocycles. The third-order valence-electron chi connectivity index (χ3n) is 7.17. The number of pyridine rings is 1. The molecule has 0 bridgehead atoms. The molecule has 1 aromatic heterocycles. The molecule has 1 saturated heterocycles. The zero-order valence-electron chi connectivity index (χ0n) is 20.3. The van der Waals surface area contributed by atoms with E-state index in [0.717, 1.165) is 41.3 Å². The number of amides is 1. The van der Waals surface area contributed by atoms with Crippen LogP contribution in [0.5, 0.6) is 5.75 Å². The molecule has 4 rings (SSSR count). The van der Waals surface area contributed by atoms with Crippen LogP contribution >= 0.6 is 0 Å². The van der Waals surface area contributed by atoms with Crippen molar-refractivity contribution in [3.8, 4) is 16.9 Å². The molecule has 1 saturated carbocycles. The summed E-state index contributed by atoms with van der Waals surface area (Å²) < 4.78 is 5.63. The van der Waals surface area contributed by atoms with Crippen LogP contribution in [0.1, 0.15) is 70.8 Å². The van der Waals surface area contributed by atoms with Gasteiger partial charge in [0.1, 0.15) is 11.6 Å². The van der Waals surface area contributed by atoms with Crippen LogP contribution in [0.25, 0.3) is 11.1 Å². The Bertz CT molecular complexity index is 900. The molecule has 2 aliphatic rings. The fourth-order valence-electron chi connectivity index (χ4n) is 5.31. The number of nitrogens with one attached hydrogen (secondary N) is 1. The van der Waals surface area contributed by atoms with E-state index < -0.39 is 0 Å². The topological polar surface area (TPSA) is 54.5 Å². The predicted molar refractivity (Wildman–Crippen MR) is 135 cm³/mol. The number of hydrogen-bond donors (Lipinski definition) is 1. The average molecular weight is 450 g/mol. The molecule has 5 heteroatoms. The van der Waals surface area contributed by atoms with Crippen LogP contribution in [0.3, 0.4) is 0 Å². The normalized spacial score (nSPS) is 18.1. The van der Waals surface area contributed by atoms with Crippen molar-refractivity contribution >= 4 is 11.7 Å². The van der Waals surface area contributed by atoms with E-state index in [4.69, 9.17) is 9.72 Å². The second-order valence-corrected chi connectivity index (χ2v) is 9.65. The van der Waals surface area contributed by atoms with Crippen LogP contribution in [0.4, 0.5) is 5.82 Å². The molecule has 1 aliphatic heterocycles. The second-order valence-electron chi connectivity index (χ2n) is 9.65. The first kappa shape index (κ1) is 23.6. The summed E-state index contributed by atoms with van der Waals surface area (Å²) in [6, 6.07) is 10.6. The van der Waals surface area contributed by atoms with Gasteiger partial charge in [-0.15, -0.1) is 0 Å². The number of hydrogen-bond acceptors (Lipinski definition) is 4. The lowest BCUT2D eigenvalue weighted by molar-refractivity contribution is -0.121. The molecule has 1 atom stereocenters. The lowest BCUT2D eigenvalue weighted by atomic mass is 9.84. The summed E-state index contributed by atoms with van der Waals surface area (Å²) >= 11 is 0. The molecule has 33 heavy (non-hydrogen) atoms. The number of nitrogens with zero attached hydrogens (tertiary/aromatic N) is 2. The molecular formula is C28H39N3O2. The first-order valence-electron chi connectivity index (χ1n) is 12.9. The predicted octanol–water partition coefficient (Wildman–Crippen LogP) is 5.77. The molecule has 0 spiro atoms. The third kappa shape index (κ3) is 6.27. The van der Waals surface area contributed by atoms with E-state index in [1.807, 2.05) is 25.3 Å². The smallest absolute Gasteiger partial charge is 0.224 e. The largest absolute Gasteiger partial charge is 0.494 e. The highest BCUT2D eigenvalue weighted by Crippen LogP contribution is 2.33. The Labute approximate surface area is 198 Å². The number of carbonyl (C=O) groups excluding carboxylic acids is 1. The van der Waals surface area contributed by atoms with E-state index in [2.05, 4.69) is 35.3 Å². The van der Waals surface area contributed by atoms with E-state index in [-0.39, 0.29) is 11.9 Å². The maximum Gasteiger partial charge on any atom is 0.224 e. The van der Waals surface area contributed by atoms with Crippen molar-refractivity contribution in [1.82, 2.24) is 10.3 Å². The highest BCUT2D eigenvalue weighted by Gasteiger charge is 2.22. The minimum atomic E-state index is 0.0956. The zero-order valence-corrected chi connectivity index (χ0v) is 20.3. The summed E-state index contributed by atoms with van der Waals surface area (Å²) in [4.78, 5) is 20.1. The Balaban J connectivity index is 1.52. The Morgan fingerprint density at radius 2 is 1.79 bits per heavy atom. The summed E-state index contributed by atoms with van der Waals surface area (Å²) in [6.45, 7) is 6.89. The molecule has 2 heterocycles. The summed E-state index contributed by atoms with van der Waals surface area (Å²) in [6.07, 6.45) is 12.3. The van der Waals surface area contributed by atoms with Crippen molar-refractivity contribution < 1.29 is 9.53 Å². The van der Waals surface area contributed by atoms with Gasteiger partial charge in [-0.1, -0.05) is 31.4 Å². The van der Waals surface area contributed by atoms with Crippen molar-refractivity contribution in [1.29, 1.82) is 0 Å². The quantitative estimate of drug-likeness (QED) is 0.556. The zero-order chi connectivity index (χ0) is 23.0. The average Bonchev–Trinajstić information content (AvgIpc) is 2.86. The maximum absolute atomic E-state index is 12.9. The molecule has 5 nitrogen and oxygen atoms in total. The van der Waals surface area contributed by atoms with Crippen molar-refractivity contribution in [3.05, 3.63) is 42.1 Å². The van der Waals surface area contributed by atoms with Crippen LogP contribution in [-0.2, 0) is 11.2 Å². The van der Waals surface area contributed by atoms with Crippen LogP contribution in [-0.4, -0.2) is 36.6 Å². The number of benzene rings is 1. The molecule has 178 valence electrons. The van der Waals surface area contributed by atoms with Gasteiger partial charge in [0.15, 0.2) is 0 Å². The summed E-state index contributed by atoms with van der Waals surface area (Å²) in [5.74, 6) is 2.61. The van der Waals surface area contributed by atoms with Gasteiger partial charge in [-0.3, -0.25) is 4.79 Å². The highest BCUT2D eigenvalue weighted by molar-refractivity contribution is 5.81. The molecule has 0 unspecified atom stereocenters. The summed E-state index contributed by atoms with van der Waals surface area (Å²) in [5, 5.41) is 3.26. The van der Waals surface area contributed by atoms with Crippen molar-refractivity contribution in [3.63, 3.8) is 0 Å². The van der Waals surface area contributed by atoms with Gasteiger partial charge < -0.3 is 15.0 Å². The van der Waals surface area contributed by atoms with E-state index >= 15 is 0 Å². The van der Waals surface area contributed by atoms with Crippen LogP contribution in [0, 0.1) is 5.92 Å². The Kier molecular flexibility index (Phi) is 8.25. The lowest BCUT2D eigenvalue weighted by Crippen LogP contribution is -2.39. The first-order chi connectivity index (χ1) is 16.1. The molecule has 1 N–H and O–H groups in total. The van der Waals surface area contributed by atoms with E-state index in [0.29, 0.717) is 18.9 Å². The number of carbonyl (C=O) groups is 1. The van der Waals surface area contributed by atoms with E-state index in [1.165, 1.54) is 51.4 Å². The van der Waals surface area contributed by atoms with Gasteiger partial charge in [-0.05, 0) is 81.2 Å². The van der Waals surface area contributed by atoms with Crippen molar-refractivity contribution in [2.45, 2.75) is 77.7 Å². The summed E-state index contributed by atoms with van der Waals surface area (Å²) in [7, 11) is 0. The number of aromatic nitrogens is 1. The molecule has 2 fully saturated rings. The van der Waals surface area contributed by atoms with E-state index in [9.17, 15) is 4.79 Å². The molecule has 1 amide bonds. The van der Waals surface area contributed by atoms with Gasteiger partial charge in [-0.25, -0.2) is 4.98 Å². The summed E-state index contributed by atoms with van der Waals surface area (Å²) in [5.41, 5.74) is 3.18. The molecule has 2 aromatic rings. The van der Waals surface area contributed by atoms with Gasteiger partial charge in [0.2, 0.25) is 5.91 Å². The van der Waals surface area contributed by atoms with Gasteiger partial charge >= 0.3 is 0 Å². The highest BCUT2D eigenvalue weighted by atomic mass is 16.5. The second kappa shape index (κ2) is 11.5. The maximum atomic E-state index is 12.9. The van der Waals surface area contributed by atoms with Gasteiger partial charge in [-0.2, -0.15) is 0 Å². The van der Waals surface area contributed by atoms with Gasteiger partial charge in [0.25, 0.3) is 0 Å².